The average Bonchev–Trinajstić information content (AvgIpc) is 3.33. The highest BCUT2D eigenvalue weighted by Crippen LogP contribution is 2.33. The van der Waals surface area contributed by atoms with Crippen LogP contribution in [0.2, 0.25) is 0 Å². The van der Waals surface area contributed by atoms with E-state index in [-0.39, 0.29) is 0 Å². The van der Waals surface area contributed by atoms with Crippen LogP contribution in [-0.2, 0) is 0 Å². The van der Waals surface area contributed by atoms with Crippen molar-refractivity contribution in [3.05, 3.63) is 47.5 Å². The van der Waals surface area contributed by atoms with Crippen LogP contribution in [0.3, 0.4) is 0 Å². The van der Waals surface area contributed by atoms with Gasteiger partial charge in [0.2, 0.25) is 0 Å². The van der Waals surface area contributed by atoms with Crippen molar-refractivity contribution in [1.29, 1.82) is 0 Å². The van der Waals surface area contributed by atoms with E-state index in [0.717, 1.165) is 13.1 Å². The highest BCUT2D eigenvalue weighted by Gasteiger charge is 2.19. The van der Waals surface area contributed by atoms with E-state index in [0.29, 0.717) is 12.1 Å². The van der Waals surface area contributed by atoms with Crippen LogP contribution in [0.15, 0.2) is 36.4 Å². The number of fused-ring (bicyclic) bond motifs is 3. The van der Waals surface area contributed by atoms with Crippen LogP contribution in [0, 0.1) is 0 Å². The molecule has 5 rings (SSSR count). The summed E-state index contributed by atoms with van der Waals surface area (Å²) >= 11 is 0. The molecule has 1 aromatic heterocycles. The Balaban J connectivity index is 1.64. The molecule has 2 atom stereocenters. The summed E-state index contributed by atoms with van der Waals surface area (Å²) in [6.07, 6.45) is 5.08. The maximum atomic E-state index is 3.61. The van der Waals surface area contributed by atoms with Crippen molar-refractivity contribution in [3.63, 3.8) is 0 Å². The summed E-state index contributed by atoms with van der Waals surface area (Å²) in [5.74, 6) is 0. The Kier molecular flexibility index (Phi) is 3.17. The molecule has 3 heterocycles. The van der Waals surface area contributed by atoms with Crippen molar-refractivity contribution in [3.8, 4) is 0 Å². The van der Waals surface area contributed by atoms with Gasteiger partial charge in [0, 0.05) is 33.9 Å². The molecule has 0 radical (unpaired) electrons. The highest BCUT2D eigenvalue weighted by atomic mass is 14.9. The van der Waals surface area contributed by atoms with Gasteiger partial charge in [-0.1, -0.05) is 12.1 Å². The van der Waals surface area contributed by atoms with Gasteiger partial charge in [-0.3, -0.25) is 0 Å². The molecule has 2 fully saturated rings. The Morgan fingerprint density at radius 1 is 0.696 bits per heavy atom. The quantitative estimate of drug-likeness (QED) is 0.665. The van der Waals surface area contributed by atoms with E-state index in [9.17, 15) is 0 Å². The third kappa shape index (κ3) is 2.27. The molecule has 3 heteroatoms. The molecule has 0 spiro atoms. The van der Waals surface area contributed by atoms with E-state index >= 15 is 0 Å². The number of hydrogen-bond donors (Lipinski definition) is 3. The van der Waals surface area contributed by atoms with Gasteiger partial charge in [-0.25, -0.2) is 0 Å². The van der Waals surface area contributed by atoms with Crippen LogP contribution in [-0.4, -0.2) is 18.1 Å². The number of nitrogens with one attached hydrogen (secondary N) is 3. The summed E-state index contributed by atoms with van der Waals surface area (Å²) < 4.78 is 0. The maximum Gasteiger partial charge on any atom is 0.0465 e. The zero-order valence-electron chi connectivity index (χ0n) is 13.4. The van der Waals surface area contributed by atoms with Crippen LogP contribution in [0.25, 0.3) is 21.8 Å². The van der Waals surface area contributed by atoms with E-state index in [1.807, 2.05) is 0 Å². The van der Waals surface area contributed by atoms with Gasteiger partial charge in [-0.2, -0.15) is 0 Å². The Bertz CT molecular complexity index is 782. The minimum absolute atomic E-state index is 0.532. The molecule has 0 saturated carbocycles. The molecule has 2 aliphatic heterocycles. The molecule has 3 aromatic rings. The first-order chi connectivity index (χ1) is 11.4. The fraction of sp³-hybridized carbons (Fsp3) is 0.400. The molecular weight excluding hydrogens is 282 g/mol. The van der Waals surface area contributed by atoms with Crippen molar-refractivity contribution in [2.75, 3.05) is 13.1 Å². The Labute approximate surface area is 136 Å². The number of benzene rings is 2. The second-order valence-corrected chi connectivity index (χ2v) is 7.03. The number of aromatic nitrogens is 1. The molecule has 2 saturated heterocycles. The minimum Gasteiger partial charge on any atom is -0.355 e. The summed E-state index contributed by atoms with van der Waals surface area (Å²) in [4.78, 5) is 3.57. The summed E-state index contributed by atoms with van der Waals surface area (Å²) in [6.45, 7) is 2.29. The SMILES string of the molecule is c1cc2[nH]c3ccc(C4CCCN4)cc3c2cc1C1CCCN1. The first kappa shape index (κ1) is 13.6. The predicted molar refractivity (Wildman–Crippen MR) is 95.8 cm³/mol. The molecule has 2 unspecified atom stereocenters. The lowest BCUT2D eigenvalue weighted by atomic mass is 10.00. The number of hydrogen-bond acceptors (Lipinski definition) is 2. The third-order valence-electron chi connectivity index (χ3n) is 5.57. The van der Waals surface area contributed by atoms with Crippen molar-refractivity contribution < 1.29 is 0 Å². The van der Waals surface area contributed by atoms with Crippen molar-refractivity contribution >= 4 is 21.8 Å². The van der Waals surface area contributed by atoms with Gasteiger partial charge in [0.25, 0.3) is 0 Å². The number of aromatic amines is 1. The lowest BCUT2D eigenvalue weighted by Crippen LogP contribution is -2.12. The fourth-order valence-corrected chi connectivity index (χ4v) is 4.30. The number of H-pyrrole nitrogens is 1. The second kappa shape index (κ2) is 5.36. The Hall–Kier alpha value is -1.84. The largest absolute Gasteiger partial charge is 0.355 e. The van der Waals surface area contributed by atoms with Crippen molar-refractivity contribution in [2.24, 2.45) is 0 Å². The molecule has 23 heavy (non-hydrogen) atoms. The van der Waals surface area contributed by atoms with E-state index in [2.05, 4.69) is 52.0 Å². The van der Waals surface area contributed by atoms with Gasteiger partial charge >= 0.3 is 0 Å². The third-order valence-corrected chi connectivity index (χ3v) is 5.57. The zero-order chi connectivity index (χ0) is 15.2. The Morgan fingerprint density at radius 2 is 1.22 bits per heavy atom. The van der Waals surface area contributed by atoms with Crippen LogP contribution in [0.4, 0.5) is 0 Å². The lowest BCUT2D eigenvalue weighted by Gasteiger charge is -2.11. The Morgan fingerprint density at radius 3 is 1.65 bits per heavy atom. The first-order valence-electron chi connectivity index (χ1n) is 8.90. The standard InChI is InChI=1S/C20H23N3/c1-3-17(21-9-1)13-5-7-19-15(11-13)16-12-14(6-8-20(16)23-19)18-4-2-10-22-18/h5-8,11-12,17-18,21-23H,1-4,9-10H2. The van der Waals surface area contributed by atoms with Gasteiger partial charge in [-0.05, 0) is 74.2 Å². The summed E-state index contributed by atoms with van der Waals surface area (Å²) in [6, 6.07) is 14.9. The molecule has 118 valence electrons. The molecule has 2 aromatic carbocycles. The second-order valence-electron chi connectivity index (χ2n) is 7.03. The van der Waals surface area contributed by atoms with Crippen LogP contribution in [0.1, 0.15) is 48.9 Å². The smallest absolute Gasteiger partial charge is 0.0465 e. The van der Waals surface area contributed by atoms with E-state index in [4.69, 9.17) is 0 Å². The molecular formula is C20H23N3. The molecule has 0 aliphatic carbocycles. The van der Waals surface area contributed by atoms with Gasteiger partial charge in [0.1, 0.15) is 0 Å². The van der Waals surface area contributed by atoms with Crippen LogP contribution < -0.4 is 10.6 Å². The van der Waals surface area contributed by atoms with E-state index in [1.165, 1.54) is 58.6 Å². The van der Waals surface area contributed by atoms with Gasteiger partial charge in [-0.15, -0.1) is 0 Å². The van der Waals surface area contributed by atoms with Gasteiger partial charge in [0.15, 0.2) is 0 Å². The van der Waals surface area contributed by atoms with Crippen molar-refractivity contribution in [2.45, 2.75) is 37.8 Å². The lowest BCUT2D eigenvalue weighted by molar-refractivity contribution is 0.648. The molecule has 3 N–H and O–H groups in total. The topological polar surface area (TPSA) is 39.9 Å². The van der Waals surface area contributed by atoms with Gasteiger partial charge in [0.05, 0.1) is 0 Å². The molecule has 0 amide bonds. The summed E-state index contributed by atoms with van der Waals surface area (Å²) in [5.41, 5.74) is 5.36. The van der Waals surface area contributed by atoms with Gasteiger partial charge < -0.3 is 15.6 Å². The number of rotatable bonds is 2. The van der Waals surface area contributed by atoms with Crippen molar-refractivity contribution in [1.82, 2.24) is 15.6 Å². The molecule has 0 bridgehead atoms. The highest BCUT2D eigenvalue weighted by molar-refractivity contribution is 6.07. The minimum atomic E-state index is 0.532. The normalized spacial score (nSPS) is 24.9. The summed E-state index contributed by atoms with van der Waals surface area (Å²) in [7, 11) is 0. The fourth-order valence-electron chi connectivity index (χ4n) is 4.30. The monoisotopic (exact) mass is 305 g/mol. The first-order valence-corrected chi connectivity index (χ1v) is 8.90. The van der Waals surface area contributed by atoms with E-state index < -0.39 is 0 Å². The zero-order valence-corrected chi connectivity index (χ0v) is 13.4. The maximum absolute atomic E-state index is 3.61. The molecule has 3 nitrogen and oxygen atoms in total. The van der Waals surface area contributed by atoms with E-state index in [1.54, 1.807) is 0 Å². The van der Waals surface area contributed by atoms with Crippen LogP contribution >= 0.6 is 0 Å². The molecule has 2 aliphatic rings. The summed E-state index contributed by atoms with van der Waals surface area (Å²) in [5, 5.41) is 9.96. The average molecular weight is 305 g/mol. The predicted octanol–water partition coefficient (Wildman–Crippen LogP) is 4.17. The van der Waals surface area contributed by atoms with Crippen LogP contribution in [0.5, 0.6) is 0 Å².